The topological polar surface area (TPSA) is 310 Å². The van der Waals surface area contributed by atoms with Crippen LogP contribution in [0.15, 0.2) is 4.99 Å². The lowest BCUT2D eigenvalue weighted by Crippen LogP contribution is -2.67. The van der Waals surface area contributed by atoms with Crippen molar-refractivity contribution in [1.29, 1.82) is 0 Å². The average Bonchev–Trinajstić information content (AvgIpc) is 3.85. The van der Waals surface area contributed by atoms with Crippen molar-refractivity contribution >= 4 is 11.7 Å². The van der Waals surface area contributed by atoms with Gasteiger partial charge in [0.25, 0.3) is 0 Å². The van der Waals surface area contributed by atoms with Crippen molar-refractivity contribution in [2.45, 2.75) is 124 Å². The molecule has 0 aromatic carbocycles. The van der Waals surface area contributed by atoms with Crippen molar-refractivity contribution in [3.05, 3.63) is 0 Å². The van der Waals surface area contributed by atoms with Crippen molar-refractivity contribution in [1.82, 2.24) is 5.32 Å². The molecule has 46 heavy (non-hydrogen) atoms. The molecule has 17 nitrogen and oxygen atoms in total. The number of aliphatic hydroxyl groups excluding tert-OH is 5. The Hall–Kier alpha value is -1.65. The lowest BCUT2D eigenvalue weighted by molar-refractivity contribution is -0.315. The van der Waals surface area contributed by atoms with Crippen molar-refractivity contribution in [3.63, 3.8) is 0 Å². The summed E-state index contributed by atoms with van der Waals surface area (Å²) in [5.74, 6) is -1.15. The molecule has 0 radical (unpaired) electrons. The predicted molar refractivity (Wildman–Crippen MR) is 160 cm³/mol. The summed E-state index contributed by atoms with van der Waals surface area (Å²) in [6, 6.07) is -3.05. The van der Waals surface area contributed by atoms with E-state index in [2.05, 4.69) is 10.3 Å². The number of aliphatic hydroxyl groups is 5. The number of Topliss-reactive ketones (excluding diaryl/α,β-unsaturated/α-hetero) is 1. The maximum atomic E-state index is 16.6. The minimum Gasteiger partial charge on any atom is -0.394 e. The van der Waals surface area contributed by atoms with Gasteiger partial charge in [-0.2, -0.15) is 0 Å². The number of hydrogen-bond acceptors (Lipinski definition) is 15. The Morgan fingerprint density at radius 3 is 2.30 bits per heavy atom. The summed E-state index contributed by atoms with van der Waals surface area (Å²) < 4.78 is 40.0. The van der Waals surface area contributed by atoms with Crippen LogP contribution in [0.3, 0.4) is 0 Å². The number of carbonyl (C=O) groups is 1. The van der Waals surface area contributed by atoms with Gasteiger partial charge in [0.15, 0.2) is 30.5 Å². The summed E-state index contributed by atoms with van der Waals surface area (Å²) in [7, 11) is 0. The highest BCUT2D eigenvalue weighted by Crippen LogP contribution is 2.37. The molecule has 266 valence electrons. The summed E-state index contributed by atoms with van der Waals surface area (Å²) in [4.78, 5) is 17.1. The number of carbonyl (C=O) groups excluding carboxylic acids is 1. The first kappa shape index (κ1) is 37.2. The standard InChI is InChI=1S/C28H52FN7O10/c29-20-24(45-27-23(42)21(22(41)19(10-37)44-27)36-28(34)35-9-11-1-2-11)12(6-16(39)15(38)3-4-30)5-13(32)25(20)46-26-14(33)7-17(40)18(8-31)43-26/h11-15,17-27,37-38,40-42H,1-10,30-33H2,(H3,34,35,36)/t12-,13?,14?,15-,17-,18?,19+,20+,21?,22+,23+,24?,25+,26+,27?/m0/s1. The van der Waals surface area contributed by atoms with E-state index in [1.807, 2.05) is 0 Å². The molecule has 0 aromatic heterocycles. The molecular formula is C28H52FN7O10. The molecule has 2 aliphatic heterocycles. The molecule has 0 spiro atoms. The van der Waals surface area contributed by atoms with Crippen LogP contribution >= 0.6 is 0 Å². The Kier molecular flexibility index (Phi) is 13.4. The fraction of sp³-hybridized carbons (Fsp3) is 0.929. The highest BCUT2D eigenvalue weighted by Gasteiger charge is 2.52. The lowest BCUT2D eigenvalue weighted by atomic mass is 9.77. The van der Waals surface area contributed by atoms with Gasteiger partial charge >= 0.3 is 0 Å². The molecule has 0 amide bonds. The van der Waals surface area contributed by atoms with Crippen molar-refractivity contribution in [2.24, 2.45) is 45.5 Å². The molecule has 0 bridgehead atoms. The summed E-state index contributed by atoms with van der Waals surface area (Å²) in [5.41, 5.74) is 29.7. The molecule has 2 saturated carbocycles. The number of nitrogens with zero attached hydrogens (tertiary/aromatic N) is 1. The van der Waals surface area contributed by atoms with Gasteiger partial charge in [-0.15, -0.1) is 0 Å². The molecule has 2 saturated heterocycles. The second-order valence-corrected chi connectivity index (χ2v) is 12.9. The zero-order valence-electron chi connectivity index (χ0n) is 25.8. The van der Waals surface area contributed by atoms with Crippen LogP contribution in [-0.4, -0.2) is 149 Å². The second kappa shape index (κ2) is 16.6. The quantitative estimate of drug-likeness (QED) is 0.0611. The molecule has 4 rings (SSSR count). The fourth-order valence-electron chi connectivity index (χ4n) is 6.25. The van der Waals surface area contributed by atoms with E-state index >= 15 is 4.39 Å². The van der Waals surface area contributed by atoms with Crippen molar-refractivity contribution in [2.75, 3.05) is 26.2 Å². The average molecular weight is 666 g/mol. The van der Waals surface area contributed by atoms with Gasteiger partial charge in [0.2, 0.25) is 0 Å². The normalized spacial score (nSPS) is 42.9. The highest BCUT2D eigenvalue weighted by molar-refractivity contribution is 5.83. The third-order valence-corrected chi connectivity index (χ3v) is 9.20. The van der Waals surface area contributed by atoms with E-state index in [9.17, 15) is 30.3 Å². The third kappa shape index (κ3) is 9.07. The second-order valence-electron chi connectivity index (χ2n) is 12.9. The molecule has 2 heterocycles. The number of alkyl halides is 1. The van der Waals surface area contributed by atoms with Crippen LogP contribution in [0, 0.1) is 11.8 Å². The van der Waals surface area contributed by atoms with Gasteiger partial charge < -0.3 is 78.5 Å². The number of nitrogens with two attached hydrogens (primary N) is 5. The summed E-state index contributed by atoms with van der Waals surface area (Å²) in [6.45, 7) is -0.197. The van der Waals surface area contributed by atoms with Crippen LogP contribution in [0.2, 0.25) is 0 Å². The van der Waals surface area contributed by atoms with E-state index in [1.54, 1.807) is 0 Å². The van der Waals surface area contributed by atoms with Crippen LogP contribution < -0.4 is 34.0 Å². The number of hydrogen-bond donors (Lipinski definition) is 11. The van der Waals surface area contributed by atoms with Crippen molar-refractivity contribution in [3.8, 4) is 0 Å². The first-order chi connectivity index (χ1) is 21.9. The van der Waals surface area contributed by atoms with Crippen LogP contribution in [-0.2, 0) is 23.7 Å². The highest BCUT2D eigenvalue weighted by atomic mass is 19.1. The van der Waals surface area contributed by atoms with E-state index in [0.717, 1.165) is 12.8 Å². The number of nitrogens with one attached hydrogen (secondary N) is 1. The first-order valence-corrected chi connectivity index (χ1v) is 16.0. The molecule has 16 N–H and O–H groups in total. The van der Waals surface area contributed by atoms with Gasteiger partial charge in [-0.3, -0.25) is 9.79 Å². The van der Waals surface area contributed by atoms with Gasteiger partial charge in [-0.05, 0) is 50.5 Å². The van der Waals surface area contributed by atoms with Crippen LogP contribution in [0.5, 0.6) is 0 Å². The number of guanidine groups is 1. The number of halogens is 1. The maximum absolute atomic E-state index is 16.6. The van der Waals surface area contributed by atoms with Crippen molar-refractivity contribution < 1.29 is 53.7 Å². The number of ether oxygens (including phenoxy) is 4. The fourth-order valence-corrected chi connectivity index (χ4v) is 6.25. The van der Waals surface area contributed by atoms with E-state index in [0.29, 0.717) is 12.5 Å². The van der Waals surface area contributed by atoms with Gasteiger partial charge in [0, 0.05) is 25.6 Å². The molecule has 0 aromatic rings. The largest absolute Gasteiger partial charge is 0.394 e. The zero-order chi connectivity index (χ0) is 33.7. The molecule has 2 aliphatic carbocycles. The molecular weight excluding hydrogens is 613 g/mol. The zero-order valence-corrected chi connectivity index (χ0v) is 25.8. The van der Waals surface area contributed by atoms with E-state index in [1.165, 1.54) is 0 Å². The summed E-state index contributed by atoms with van der Waals surface area (Å²) in [5, 5.41) is 55.2. The number of rotatable bonds is 14. The Morgan fingerprint density at radius 2 is 1.67 bits per heavy atom. The molecule has 6 unspecified atom stereocenters. The summed E-state index contributed by atoms with van der Waals surface area (Å²) >= 11 is 0. The maximum Gasteiger partial charge on any atom is 0.188 e. The van der Waals surface area contributed by atoms with E-state index < -0.39 is 104 Å². The number of aliphatic imine (C=N–C) groups is 1. The summed E-state index contributed by atoms with van der Waals surface area (Å²) in [6.07, 6.45) is -13.4. The van der Waals surface area contributed by atoms with E-state index in [4.69, 9.17) is 47.6 Å². The van der Waals surface area contributed by atoms with Crippen LogP contribution in [0.1, 0.15) is 38.5 Å². The molecule has 15 atom stereocenters. The van der Waals surface area contributed by atoms with Gasteiger partial charge in [0.1, 0.15) is 30.5 Å². The van der Waals surface area contributed by atoms with E-state index in [-0.39, 0.29) is 44.7 Å². The number of ketones is 1. The predicted octanol–water partition coefficient (Wildman–Crippen LogP) is -5.01. The Morgan fingerprint density at radius 1 is 1.00 bits per heavy atom. The molecule has 18 heteroatoms. The first-order valence-electron chi connectivity index (χ1n) is 16.0. The molecule has 4 aliphatic rings. The van der Waals surface area contributed by atoms with Gasteiger partial charge in [0.05, 0.1) is 37.0 Å². The lowest BCUT2D eigenvalue weighted by Gasteiger charge is -2.48. The molecule has 4 fully saturated rings. The van der Waals surface area contributed by atoms with Crippen LogP contribution in [0.25, 0.3) is 0 Å². The Bertz CT molecular complexity index is 1020. The van der Waals surface area contributed by atoms with Crippen LogP contribution in [0.4, 0.5) is 4.39 Å². The smallest absolute Gasteiger partial charge is 0.188 e. The Balaban J connectivity index is 1.55. The minimum atomic E-state index is -2.04. The van der Waals surface area contributed by atoms with Gasteiger partial charge in [-0.25, -0.2) is 4.39 Å². The SMILES string of the molecule is NCC[C@H](O)C(=O)C[C@@H]1CC(N)[C@@H](O[C@H]2OC(CN)[C@@H](O)CC2N)[C@H](F)C1OC1O[C@H](CO)[C@@H](O)C(NC(N)=NCC2CC2)[C@H]1O. The van der Waals surface area contributed by atoms with Gasteiger partial charge in [-0.1, -0.05) is 0 Å². The minimum absolute atomic E-state index is 0.00339. The Labute approximate surface area is 266 Å². The third-order valence-electron chi connectivity index (χ3n) is 9.20. The monoisotopic (exact) mass is 665 g/mol.